The molecule has 0 N–H and O–H groups in total. The van der Waals surface area contributed by atoms with Crippen molar-refractivity contribution in [1.29, 1.82) is 0 Å². The molecule has 2 radical (unpaired) electrons. The first kappa shape index (κ1) is 7.54. The molecule has 10 heavy (non-hydrogen) atoms. The molecule has 0 spiro atoms. The van der Waals surface area contributed by atoms with Gasteiger partial charge in [-0.1, -0.05) is 0 Å². The van der Waals surface area contributed by atoms with E-state index in [4.69, 9.17) is 0 Å². The topological polar surface area (TPSA) is 17.1 Å². The SMILES string of the molecule is [CH3][Ge][C](=O)c1ccccc1. The maximum absolute atomic E-state index is 11.1. The molecule has 50 valence electrons. The molecule has 0 amide bonds. The van der Waals surface area contributed by atoms with Gasteiger partial charge in [0.1, 0.15) is 0 Å². The third kappa shape index (κ3) is 1.70. The van der Waals surface area contributed by atoms with Crippen LogP contribution in [0.25, 0.3) is 0 Å². The predicted octanol–water partition coefficient (Wildman–Crippen LogP) is 1.58. The molecule has 0 saturated carbocycles. The minimum absolute atomic E-state index is 0.334. The van der Waals surface area contributed by atoms with Crippen LogP contribution in [0.15, 0.2) is 30.3 Å². The van der Waals surface area contributed by atoms with Gasteiger partial charge in [-0.15, -0.1) is 0 Å². The zero-order valence-electron chi connectivity index (χ0n) is 5.79. The molecular formula is C8H8GeO. The van der Waals surface area contributed by atoms with Crippen LogP contribution in [0.4, 0.5) is 0 Å². The second-order valence-corrected chi connectivity index (χ2v) is 3.95. The van der Waals surface area contributed by atoms with E-state index in [9.17, 15) is 4.79 Å². The molecule has 0 aliphatic carbocycles. The molecule has 0 heterocycles. The summed E-state index contributed by atoms with van der Waals surface area (Å²) in [5, 5.41) is 0. The fourth-order valence-corrected chi connectivity index (χ4v) is 1.69. The number of carbonyl (C=O) groups is 1. The van der Waals surface area contributed by atoms with Crippen LogP contribution >= 0.6 is 0 Å². The summed E-state index contributed by atoms with van der Waals surface area (Å²) in [5.74, 6) is 2.00. The Morgan fingerprint density at radius 3 is 2.40 bits per heavy atom. The van der Waals surface area contributed by atoms with Gasteiger partial charge in [0, 0.05) is 0 Å². The van der Waals surface area contributed by atoms with Gasteiger partial charge in [0.2, 0.25) is 0 Å². The molecule has 0 bridgehead atoms. The molecule has 0 aliphatic rings. The van der Waals surface area contributed by atoms with Gasteiger partial charge in [0.25, 0.3) is 0 Å². The van der Waals surface area contributed by atoms with Crippen molar-refractivity contribution in [3.63, 3.8) is 0 Å². The first-order valence-corrected chi connectivity index (χ1v) is 6.26. The van der Waals surface area contributed by atoms with Crippen molar-refractivity contribution in [1.82, 2.24) is 0 Å². The molecule has 1 aromatic rings. The van der Waals surface area contributed by atoms with Crippen LogP contribution in [0.2, 0.25) is 5.76 Å². The average Bonchev–Trinajstić information content (AvgIpc) is 2.05. The summed E-state index contributed by atoms with van der Waals surface area (Å²) < 4.78 is 0.334. The fraction of sp³-hybridized carbons (Fsp3) is 0.125. The Kier molecular flexibility index (Phi) is 2.69. The molecule has 1 aromatic carbocycles. The van der Waals surface area contributed by atoms with Gasteiger partial charge < -0.3 is 0 Å². The zero-order valence-corrected chi connectivity index (χ0v) is 7.89. The molecule has 0 unspecified atom stereocenters. The van der Waals surface area contributed by atoms with Crippen molar-refractivity contribution >= 4 is 20.0 Å². The molecule has 0 aliphatic heterocycles. The van der Waals surface area contributed by atoms with E-state index in [1.165, 1.54) is 0 Å². The third-order valence-electron chi connectivity index (χ3n) is 1.26. The summed E-state index contributed by atoms with van der Waals surface area (Å²) >= 11 is -0.390. The Bertz CT molecular complexity index is 218. The van der Waals surface area contributed by atoms with Crippen LogP contribution < -0.4 is 0 Å². The molecule has 0 atom stereocenters. The van der Waals surface area contributed by atoms with Crippen LogP contribution in [0.1, 0.15) is 10.4 Å². The van der Waals surface area contributed by atoms with Crippen molar-refractivity contribution in [2.24, 2.45) is 0 Å². The summed E-state index contributed by atoms with van der Waals surface area (Å²) in [4.78, 5) is 11.1. The van der Waals surface area contributed by atoms with E-state index >= 15 is 0 Å². The Hall–Kier alpha value is -0.567. The number of carbonyl (C=O) groups excluding carboxylic acids is 1. The Balaban J connectivity index is 2.85. The van der Waals surface area contributed by atoms with E-state index in [1.807, 2.05) is 36.1 Å². The van der Waals surface area contributed by atoms with E-state index in [0.29, 0.717) is 4.62 Å². The van der Waals surface area contributed by atoms with Crippen molar-refractivity contribution in [3.05, 3.63) is 35.9 Å². The fourth-order valence-electron chi connectivity index (χ4n) is 0.734. The summed E-state index contributed by atoms with van der Waals surface area (Å²) in [6.45, 7) is 0. The van der Waals surface area contributed by atoms with Crippen molar-refractivity contribution in [3.8, 4) is 0 Å². The number of benzene rings is 1. The Morgan fingerprint density at radius 2 is 1.90 bits per heavy atom. The minimum atomic E-state index is -0.390. The monoisotopic (exact) mass is 194 g/mol. The Labute approximate surface area is 66.9 Å². The molecule has 0 saturated heterocycles. The van der Waals surface area contributed by atoms with Crippen LogP contribution in [0.5, 0.6) is 0 Å². The number of hydrogen-bond donors (Lipinski definition) is 0. The zero-order chi connectivity index (χ0) is 7.40. The predicted molar refractivity (Wildman–Crippen MR) is 42.4 cm³/mol. The summed E-state index contributed by atoms with van der Waals surface area (Å²) in [7, 11) is 0. The summed E-state index contributed by atoms with van der Waals surface area (Å²) in [5.41, 5.74) is 0.866. The van der Waals surface area contributed by atoms with Crippen LogP contribution in [-0.4, -0.2) is 20.0 Å². The molecule has 1 rings (SSSR count). The van der Waals surface area contributed by atoms with Crippen molar-refractivity contribution in [2.75, 3.05) is 0 Å². The Morgan fingerprint density at radius 1 is 1.30 bits per heavy atom. The molecule has 0 aromatic heterocycles. The van der Waals surface area contributed by atoms with Crippen molar-refractivity contribution in [2.45, 2.75) is 5.76 Å². The van der Waals surface area contributed by atoms with Crippen LogP contribution in [0, 0.1) is 0 Å². The van der Waals surface area contributed by atoms with E-state index in [0.717, 1.165) is 5.56 Å². The summed E-state index contributed by atoms with van der Waals surface area (Å²) in [6, 6.07) is 9.46. The van der Waals surface area contributed by atoms with Crippen molar-refractivity contribution < 1.29 is 4.79 Å². The third-order valence-corrected chi connectivity index (χ3v) is 2.82. The van der Waals surface area contributed by atoms with Gasteiger partial charge in [-0.25, -0.2) is 0 Å². The van der Waals surface area contributed by atoms with Gasteiger partial charge in [0.15, 0.2) is 0 Å². The van der Waals surface area contributed by atoms with Gasteiger partial charge in [0.05, 0.1) is 0 Å². The summed E-state index contributed by atoms with van der Waals surface area (Å²) in [6.07, 6.45) is 0. The molecule has 2 heteroatoms. The van der Waals surface area contributed by atoms with Gasteiger partial charge in [-0.2, -0.15) is 0 Å². The second-order valence-electron chi connectivity index (χ2n) is 1.95. The van der Waals surface area contributed by atoms with E-state index in [2.05, 4.69) is 0 Å². The maximum atomic E-state index is 11.1. The quantitative estimate of drug-likeness (QED) is 0.651. The molecular weight excluding hydrogens is 185 g/mol. The average molecular weight is 193 g/mol. The first-order valence-electron chi connectivity index (χ1n) is 3.11. The van der Waals surface area contributed by atoms with Gasteiger partial charge in [-0.3, -0.25) is 0 Å². The van der Waals surface area contributed by atoms with E-state index < -0.39 is 15.4 Å². The van der Waals surface area contributed by atoms with E-state index in [-0.39, 0.29) is 0 Å². The first-order chi connectivity index (χ1) is 4.84. The van der Waals surface area contributed by atoms with Crippen LogP contribution in [-0.2, 0) is 0 Å². The normalized spacial score (nSPS) is 9.30. The number of hydrogen-bond acceptors (Lipinski definition) is 1. The van der Waals surface area contributed by atoms with Gasteiger partial charge >= 0.3 is 66.5 Å². The van der Waals surface area contributed by atoms with E-state index in [1.54, 1.807) is 0 Å². The molecule has 1 nitrogen and oxygen atoms in total. The number of rotatable bonds is 2. The van der Waals surface area contributed by atoms with Crippen LogP contribution in [0.3, 0.4) is 0 Å². The molecule has 0 fully saturated rings. The van der Waals surface area contributed by atoms with Gasteiger partial charge in [-0.05, 0) is 0 Å². The second kappa shape index (κ2) is 3.56. The standard InChI is InChI=1S/C8H8GeO/c1-9-8(10)7-5-3-2-4-6-7/h2-6H,1H3.